The largest absolute Gasteiger partial charge is 0.381 e. The van der Waals surface area contributed by atoms with Gasteiger partial charge in [0.2, 0.25) is 0 Å². The zero-order valence-corrected chi connectivity index (χ0v) is 12.5. The topological polar surface area (TPSA) is 27.7 Å². The highest BCUT2D eigenvalue weighted by atomic mass is 16.6. The molecule has 0 radical (unpaired) electrons. The first-order valence-electron chi connectivity index (χ1n) is 7.57. The van der Waals surface area contributed by atoms with Crippen molar-refractivity contribution in [1.29, 1.82) is 0 Å². The lowest BCUT2D eigenvalue weighted by Crippen LogP contribution is -2.50. The number of unbranched alkanes of at least 4 members (excludes halogenated alkanes) is 2. The Labute approximate surface area is 113 Å². The van der Waals surface area contributed by atoms with Crippen LogP contribution in [0.25, 0.3) is 0 Å². The Kier molecular flexibility index (Phi) is 7.95. The molecular formula is C14H29BO3. The van der Waals surface area contributed by atoms with Crippen LogP contribution in [0.2, 0.25) is 0 Å². The van der Waals surface area contributed by atoms with Crippen molar-refractivity contribution in [2.24, 2.45) is 0 Å². The molecule has 0 spiro atoms. The second-order valence-corrected chi connectivity index (χ2v) is 5.34. The number of hydrogen-bond donors (Lipinski definition) is 0. The van der Waals surface area contributed by atoms with Gasteiger partial charge in [-0.1, -0.05) is 26.7 Å². The van der Waals surface area contributed by atoms with E-state index in [4.69, 9.17) is 14.2 Å². The molecule has 1 rings (SSSR count). The second kappa shape index (κ2) is 8.95. The fourth-order valence-electron chi connectivity index (χ4n) is 2.41. The van der Waals surface area contributed by atoms with Crippen molar-refractivity contribution in [2.45, 2.75) is 77.2 Å². The summed E-state index contributed by atoms with van der Waals surface area (Å²) in [7, 11) is 2.10. The van der Waals surface area contributed by atoms with E-state index in [1.165, 1.54) is 12.8 Å². The molecule has 4 heteroatoms. The molecule has 0 saturated carbocycles. The van der Waals surface area contributed by atoms with Gasteiger partial charge in [0.1, 0.15) is 14.0 Å². The van der Waals surface area contributed by atoms with E-state index >= 15 is 0 Å². The zero-order chi connectivity index (χ0) is 13.4. The summed E-state index contributed by atoms with van der Waals surface area (Å²) in [6, 6.07) is 0.136. The highest BCUT2D eigenvalue weighted by Crippen LogP contribution is 2.24. The summed E-state index contributed by atoms with van der Waals surface area (Å²) >= 11 is 0. The van der Waals surface area contributed by atoms with Crippen LogP contribution in [0.5, 0.6) is 0 Å². The van der Waals surface area contributed by atoms with Crippen molar-refractivity contribution in [1.82, 2.24) is 0 Å². The van der Waals surface area contributed by atoms with Crippen LogP contribution in [0.3, 0.4) is 0 Å². The highest BCUT2D eigenvalue weighted by Gasteiger charge is 2.35. The van der Waals surface area contributed by atoms with Crippen LogP contribution in [0, 0.1) is 0 Å². The lowest BCUT2D eigenvalue weighted by atomic mass is 9.86. The number of hydrogen-bond acceptors (Lipinski definition) is 3. The Morgan fingerprint density at radius 1 is 1.11 bits per heavy atom. The Morgan fingerprint density at radius 3 is 2.33 bits per heavy atom. The van der Waals surface area contributed by atoms with Crippen LogP contribution in [-0.4, -0.2) is 45.4 Å². The zero-order valence-electron chi connectivity index (χ0n) is 12.5. The average molecular weight is 256 g/mol. The smallest absolute Gasteiger partial charge is 0.142 e. The first-order valence-corrected chi connectivity index (χ1v) is 7.57. The van der Waals surface area contributed by atoms with Crippen LogP contribution in [0.15, 0.2) is 0 Å². The number of ether oxygens (including phenoxy) is 3. The van der Waals surface area contributed by atoms with Gasteiger partial charge in [0, 0.05) is 19.6 Å². The Morgan fingerprint density at radius 2 is 1.72 bits per heavy atom. The van der Waals surface area contributed by atoms with Gasteiger partial charge in [-0.25, -0.2) is 0 Å². The Bertz CT molecular complexity index is 213. The van der Waals surface area contributed by atoms with E-state index in [1.54, 1.807) is 0 Å². The molecule has 0 N–H and O–H groups in total. The SMILES string of the molecule is BC1OC(C)CC(OCCCC)C1OCCCC. The van der Waals surface area contributed by atoms with Crippen LogP contribution in [0.1, 0.15) is 52.9 Å². The summed E-state index contributed by atoms with van der Waals surface area (Å²) in [5.74, 6) is 0. The van der Waals surface area contributed by atoms with Gasteiger partial charge in [0.15, 0.2) is 0 Å². The summed E-state index contributed by atoms with van der Waals surface area (Å²) in [4.78, 5) is 0. The first-order chi connectivity index (χ1) is 8.69. The van der Waals surface area contributed by atoms with E-state index in [2.05, 4.69) is 28.6 Å². The molecule has 0 amide bonds. The maximum Gasteiger partial charge on any atom is 0.142 e. The Balaban J connectivity index is 2.43. The molecule has 0 aliphatic carbocycles. The van der Waals surface area contributed by atoms with Gasteiger partial charge in [0.05, 0.1) is 18.2 Å². The number of rotatable bonds is 8. The molecule has 1 saturated heterocycles. The fraction of sp³-hybridized carbons (Fsp3) is 1.00. The summed E-state index contributed by atoms with van der Waals surface area (Å²) in [5, 5.41) is 0. The monoisotopic (exact) mass is 256 g/mol. The van der Waals surface area contributed by atoms with Gasteiger partial charge < -0.3 is 14.2 Å². The van der Waals surface area contributed by atoms with Crippen LogP contribution in [-0.2, 0) is 14.2 Å². The van der Waals surface area contributed by atoms with Gasteiger partial charge in [-0.05, 0) is 19.8 Å². The first kappa shape index (κ1) is 16.0. The molecule has 4 atom stereocenters. The van der Waals surface area contributed by atoms with E-state index in [1.807, 2.05) is 0 Å². The molecule has 3 nitrogen and oxygen atoms in total. The van der Waals surface area contributed by atoms with Gasteiger partial charge >= 0.3 is 0 Å². The van der Waals surface area contributed by atoms with Crippen LogP contribution >= 0.6 is 0 Å². The second-order valence-electron chi connectivity index (χ2n) is 5.34. The summed E-state index contributed by atoms with van der Waals surface area (Å²) in [6.07, 6.45) is 6.11. The van der Waals surface area contributed by atoms with Crippen molar-refractivity contribution in [3.63, 3.8) is 0 Å². The normalized spacial score (nSPS) is 32.6. The minimum Gasteiger partial charge on any atom is -0.381 e. The lowest BCUT2D eigenvalue weighted by molar-refractivity contribution is -0.174. The predicted octanol–water partition coefficient (Wildman–Crippen LogP) is 2.12. The standard InChI is InChI=1S/C14H29BO3/c1-4-6-8-16-12-10-11(3)18-14(15)13(12)17-9-7-5-2/h11-14H,4-10,15H2,1-3H3. The molecule has 0 aromatic heterocycles. The highest BCUT2D eigenvalue weighted by molar-refractivity contribution is 6.11. The fourth-order valence-corrected chi connectivity index (χ4v) is 2.41. The average Bonchev–Trinajstić information content (AvgIpc) is 2.32. The molecule has 106 valence electrons. The predicted molar refractivity (Wildman–Crippen MR) is 76.8 cm³/mol. The molecule has 1 heterocycles. The van der Waals surface area contributed by atoms with Crippen molar-refractivity contribution in [3.8, 4) is 0 Å². The quantitative estimate of drug-likeness (QED) is 0.492. The lowest BCUT2D eigenvalue weighted by Gasteiger charge is -2.39. The molecule has 0 aromatic rings. The van der Waals surface area contributed by atoms with E-state index < -0.39 is 0 Å². The third-order valence-corrected chi connectivity index (χ3v) is 3.48. The molecule has 0 bridgehead atoms. The van der Waals surface area contributed by atoms with Gasteiger partial charge in [-0.2, -0.15) is 0 Å². The van der Waals surface area contributed by atoms with Gasteiger partial charge in [-0.15, -0.1) is 0 Å². The third-order valence-electron chi connectivity index (χ3n) is 3.48. The molecule has 18 heavy (non-hydrogen) atoms. The minimum absolute atomic E-state index is 0.101. The Hall–Kier alpha value is -0.0551. The van der Waals surface area contributed by atoms with E-state index in [0.29, 0.717) is 0 Å². The molecule has 4 unspecified atom stereocenters. The molecule has 1 aliphatic rings. The summed E-state index contributed by atoms with van der Waals surface area (Å²) in [5.41, 5.74) is 0. The molecular weight excluding hydrogens is 227 g/mol. The summed E-state index contributed by atoms with van der Waals surface area (Å²) < 4.78 is 17.8. The van der Waals surface area contributed by atoms with Gasteiger partial charge in [0.25, 0.3) is 0 Å². The van der Waals surface area contributed by atoms with Crippen molar-refractivity contribution >= 4 is 7.85 Å². The summed E-state index contributed by atoms with van der Waals surface area (Å²) in [6.45, 7) is 8.15. The maximum atomic E-state index is 6.00. The van der Waals surface area contributed by atoms with Crippen LogP contribution < -0.4 is 0 Å². The van der Waals surface area contributed by atoms with Crippen LogP contribution in [0.4, 0.5) is 0 Å². The molecule has 0 aromatic carbocycles. The third kappa shape index (κ3) is 5.29. The van der Waals surface area contributed by atoms with Crippen molar-refractivity contribution in [2.75, 3.05) is 13.2 Å². The van der Waals surface area contributed by atoms with Crippen molar-refractivity contribution in [3.05, 3.63) is 0 Å². The van der Waals surface area contributed by atoms with E-state index in [-0.39, 0.29) is 24.3 Å². The molecule has 1 aliphatic heterocycles. The minimum atomic E-state index is 0.101. The maximum absolute atomic E-state index is 6.00. The van der Waals surface area contributed by atoms with Crippen molar-refractivity contribution < 1.29 is 14.2 Å². The van der Waals surface area contributed by atoms with E-state index in [0.717, 1.165) is 32.5 Å². The van der Waals surface area contributed by atoms with E-state index in [9.17, 15) is 0 Å². The van der Waals surface area contributed by atoms with Gasteiger partial charge in [-0.3, -0.25) is 0 Å². The molecule has 1 fully saturated rings.